The molecule has 2 heterocycles. The van der Waals surface area contributed by atoms with Gasteiger partial charge in [0, 0.05) is 0 Å². The number of benzene rings is 2. The van der Waals surface area contributed by atoms with E-state index in [1.54, 1.807) is 25.5 Å². The molecule has 36 heavy (non-hydrogen) atoms. The molecule has 3 aromatic rings. The SMILES string of the molecule is CCOC(=O)C1=C(C)N=c2s/c(=C\c3cc(I)c(OCC)c(I)c3)c(=O)n2[C@H]1c1ccc(OC)cc1. The van der Waals surface area contributed by atoms with Gasteiger partial charge in [-0.1, -0.05) is 23.5 Å². The van der Waals surface area contributed by atoms with Gasteiger partial charge in [-0.05, 0) is 107 Å². The summed E-state index contributed by atoms with van der Waals surface area (Å²) in [5.74, 6) is 1.04. The topological polar surface area (TPSA) is 79.1 Å². The van der Waals surface area contributed by atoms with E-state index in [0.29, 0.717) is 33.0 Å². The molecule has 0 radical (unpaired) electrons. The molecule has 0 bridgehead atoms. The van der Waals surface area contributed by atoms with Crippen molar-refractivity contribution >= 4 is 68.6 Å². The van der Waals surface area contributed by atoms with Crippen LogP contribution in [0.3, 0.4) is 0 Å². The van der Waals surface area contributed by atoms with E-state index in [1.165, 1.54) is 11.3 Å². The second-order valence-corrected chi connectivity index (χ2v) is 11.2. The Bertz CT molecular complexity index is 1500. The average molecular weight is 730 g/mol. The lowest BCUT2D eigenvalue weighted by Gasteiger charge is -2.24. The Morgan fingerprint density at radius 2 is 1.81 bits per heavy atom. The van der Waals surface area contributed by atoms with E-state index in [2.05, 4.69) is 50.2 Å². The monoisotopic (exact) mass is 730 g/mol. The molecule has 0 saturated heterocycles. The second-order valence-electron chi connectivity index (χ2n) is 7.82. The average Bonchev–Trinajstić information content (AvgIpc) is 3.15. The Balaban J connectivity index is 1.91. The lowest BCUT2D eigenvalue weighted by Crippen LogP contribution is -2.39. The summed E-state index contributed by atoms with van der Waals surface area (Å²) in [6.07, 6.45) is 1.86. The van der Waals surface area contributed by atoms with Crippen molar-refractivity contribution in [3.8, 4) is 11.5 Å². The highest BCUT2D eigenvalue weighted by Gasteiger charge is 2.33. The van der Waals surface area contributed by atoms with Crippen molar-refractivity contribution in [2.75, 3.05) is 20.3 Å². The fourth-order valence-corrected chi connectivity index (χ4v) is 7.16. The van der Waals surface area contributed by atoms with Gasteiger partial charge in [-0.25, -0.2) is 9.79 Å². The van der Waals surface area contributed by atoms with Crippen LogP contribution in [0.2, 0.25) is 0 Å². The molecule has 0 saturated carbocycles. The van der Waals surface area contributed by atoms with E-state index >= 15 is 0 Å². The fourth-order valence-electron chi connectivity index (χ4n) is 3.99. The van der Waals surface area contributed by atoms with Crippen LogP contribution in [-0.2, 0) is 9.53 Å². The number of carbonyl (C=O) groups is 1. The summed E-state index contributed by atoms with van der Waals surface area (Å²) in [5, 5.41) is 0. The first-order valence-corrected chi connectivity index (χ1v) is 14.2. The summed E-state index contributed by atoms with van der Waals surface area (Å²) in [5.41, 5.74) is 2.33. The van der Waals surface area contributed by atoms with Gasteiger partial charge < -0.3 is 14.2 Å². The smallest absolute Gasteiger partial charge is 0.338 e. The molecular formula is C26H24I2N2O5S. The first kappa shape index (κ1) is 26.9. The van der Waals surface area contributed by atoms with Crippen molar-refractivity contribution in [1.82, 2.24) is 4.57 Å². The molecule has 0 unspecified atom stereocenters. The molecule has 0 fully saturated rings. The maximum absolute atomic E-state index is 13.8. The number of hydrogen-bond acceptors (Lipinski definition) is 7. The first-order valence-electron chi connectivity index (χ1n) is 11.2. The molecule has 0 aliphatic carbocycles. The van der Waals surface area contributed by atoms with E-state index in [-0.39, 0.29) is 12.2 Å². The van der Waals surface area contributed by atoms with Crippen molar-refractivity contribution in [3.63, 3.8) is 0 Å². The van der Waals surface area contributed by atoms with Crippen molar-refractivity contribution in [3.05, 3.63) is 85.6 Å². The number of allylic oxidation sites excluding steroid dienone is 1. The summed E-state index contributed by atoms with van der Waals surface area (Å²) in [6, 6.07) is 10.7. The van der Waals surface area contributed by atoms with Gasteiger partial charge in [-0.15, -0.1) is 0 Å². The molecule has 7 nitrogen and oxygen atoms in total. The van der Waals surface area contributed by atoms with Crippen molar-refractivity contribution < 1.29 is 19.0 Å². The third-order valence-corrected chi connectivity index (χ3v) is 8.14. The van der Waals surface area contributed by atoms with E-state index < -0.39 is 12.0 Å². The Labute approximate surface area is 239 Å². The van der Waals surface area contributed by atoms with Gasteiger partial charge in [0.25, 0.3) is 5.56 Å². The maximum Gasteiger partial charge on any atom is 0.338 e. The van der Waals surface area contributed by atoms with Gasteiger partial charge in [0.2, 0.25) is 0 Å². The summed E-state index contributed by atoms with van der Waals surface area (Å²) in [4.78, 5) is 31.9. The molecule has 188 valence electrons. The molecule has 1 aliphatic heterocycles. The number of halogens is 2. The predicted molar refractivity (Wildman–Crippen MR) is 156 cm³/mol. The van der Waals surface area contributed by atoms with Crippen LogP contribution in [0.5, 0.6) is 11.5 Å². The number of aromatic nitrogens is 1. The van der Waals surface area contributed by atoms with Crippen molar-refractivity contribution in [2.24, 2.45) is 4.99 Å². The summed E-state index contributed by atoms with van der Waals surface area (Å²) < 4.78 is 20.4. The number of ether oxygens (including phenoxy) is 3. The van der Waals surface area contributed by atoms with Crippen LogP contribution in [0.15, 0.2) is 57.5 Å². The minimum atomic E-state index is -0.658. The first-order chi connectivity index (χ1) is 17.3. The Kier molecular flexibility index (Phi) is 8.56. The zero-order valence-electron chi connectivity index (χ0n) is 20.1. The maximum atomic E-state index is 13.8. The third kappa shape index (κ3) is 5.25. The van der Waals surface area contributed by atoms with Crippen LogP contribution in [0, 0.1) is 7.14 Å². The molecular weight excluding hydrogens is 706 g/mol. The zero-order chi connectivity index (χ0) is 26.0. The van der Waals surface area contributed by atoms with Gasteiger partial charge in [0.15, 0.2) is 4.80 Å². The lowest BCUT2D eigenvalue weighted by atomic mass is 9.96. The second kappa shape index (κ2) is 11.5. The number of rotatable bonds is 7. The third-order valence-electron chi connectivity index (χ3n) is 5.56. The van der Waals surface area contributed by atoms with Crippen LogP contribution >= 0.6 is 56.5 Å². The van der Waals surface area contributed by atoms with Gasteiger partial charge in [-0.3, -0.25) is 9.36 Å². The Morgan fingerprint density at radius 3 is 2.39 bits per heavy atom. The van der Waals surface area contributed by atoms with Crippen LogP contribution < -0.4 is 24.4 Å². The number of methoxy groups -OCH3 is 1. The normalized spacial score (nSPS) is 15.4. The summed E-state index contributed by atoms with van der Waals surface area (Å²) in [6.45, 7) is 6.29. The largest absolute Gasteiger partial charge is 0.497 e. The van der Waals surface area contributed by atoms with Gasteiger partial charge >= 0.3 is 5.97 Å². The van der Waals surface area contributed by atoms with Crippen molar-refractivity contribution in [2.45, 2.75) is 26.8 Å². The lowest BCUT2D eigenvalue weighted by molar-refractivity contribution is -0.139. The quantitative estimate of drug-likeness (QED) is 0.266. The van der Waals surface area contributed by atoms with Crippen molar-refractivity contribution in [1.29, 1.82) is 0 Å². The molecule has 1 atom stereocenters. The van der Waals surface area contributed by atoms with E-state index in [9.17, 15) is 9.59 Å². The minimum absolute atomic E-state index is 0.215. The standard InChI is InChI=1S/C26H24I2N2O5S/c1-5-34-23-18(27)11-15(12-19(23)28)13-20-24(31)30-22(16-7-9-17(33-4)10-8-16)21(25(32)35-6-2)14(3)29-26(30)36-20/h7-13,22H,5-6H2,1-4H3/b20-13-/t22-/m0/s1. The molecule has 2 aromatic carbocycles. The number of carbonyl (C=O) groups excluding carboxylic acids is 1. The fraction of sp³-hybridized carbons (Fsp3) is 0.269. The van der Waals surface area contributed by atoms with Gasteiger partial charge in [0.1, 0.15) is 11.5 Å². The van der Waals surface area contributed by atoms with Gasteiger partial charge in [0.05, 0.1) is 49.3 Å². The summed E-state index contributed by atoms with van der Waals surface area (Å²) >= 11 is 5.79. The van der Waals surface area contributed by atoms with Gasteiger partial charge in [-0.2, -0.15) is 0 Å². The van der Waals surface area contributed by atoms with E-state index in [0.717, 1.165) is 24.0 Å². The number of nitrogens with zero attached hydrogens (tertiary/aromatic N) is 2. The Morgan fingerprint density at radius 1 is 1.14 bits per heavy atom. The molecule has 1 aliphatic rings. The summed E-state index contributed by atoms with van der Waals surface area (Å²) in [7, 11) is 1.59. The van der Waals surface area contributed by atoms with E-state index in [1.807, 2.05) is 49.4 Å². The number of hydrogen-bond donors (Lipinski definition) is 0. The predicted octanol–water partition coefficient (Wildman–Crippen LogP) is 4.41. The highest BCUT2D eigenvalue weighted by atomic mass is 127. The zero-order valence-corrected chi connectivity index (χ0v) is 25.3. The highest BCUT2D eigenvalue weighted by molar-refractivity contribution is 14.1. The van der Waals surface area contributed by atoms with E-state index in [4.69, 9.17) is 14.2 Å². The minimum Gasteiger partial charge on any atom is -0.497 e. The van der Waals surface area contributed by atoms with Crippen LogP contribution in [0.4, 0.5) is 0 Å². The molecule has 0 N–H and O–H groups in total. The number of esters is 1. The molecule has 10 heteroatoms. The van der Waals surface area contributed by atoms with Crippen LogP contribution in [0.1, 0.15) is 37.9 Å². The molecule has 4 rings (SSSR count). The molecule has 1 aromatic heterocycles. The molecule has 0 amide bonds. The number of fused-ring (bicyclic) bond motifs is 1. The number of thiazole rings is 1. The van der Waals surface area contributed by atoms with Crippen LogP contribution in [-0.4, -0.2) is 30.9 Å². The highest BCUT2D eigenvalue weighted by Crippen LogP contribution is 2.32. The molecule has 0 spiro atoms. The Hall–Kier alpha value is -2.19. The van der Waals surface area contributed by atoms with Crippen LogP contribution in [0.25, 0.3) is 6.08 Å².